The number of anilines is 2. The Labute approximate surface area is 214 Å². The van der Waals surface area contributed by atoms with Crippen LogP contribution in [0.1, 0.15) is 61.8 Å². The Balaban J connectivity index is 1.29. The maximum atomic E-state index is 13.2. The van der Waals surface area contributed by atoms with Crippen molar-refractivity contribution in [2.24, 2.45) is 0 Å². The van der Waals surface area contributed by atoms with E-state index < -0.39 is 5.60 Å². The second-order valence-corrected chi connectivity index (χ2v) is 10.4. The lowest BCUT2D eigenvalue weighted by atomic mass is 9.96. The first-order valence-corrected chi connectivity index (χ1v) is 12.5. The minimum Gasteiger partial charge on any atom is -0.386 e. The molecule has 11 heteroatoms. The van der Waals surface area contributed by atoms with Crippen molar-refractivity contribution in [2.45, 2.75) is 51.2 Å². The minimum atomic E-state index is -0.738. The summed E-state index contributed by atoms with van der Waals surface area (Å²) in [5, 5.41) is 21.3. The van der Waals surface area contributed by atoms with Gasteiger partial charge in [0.05, 0.1) is 35.2 Å². The molecule has 1 saturated heterocycles. The van der Waals surface area contributed by atoms with E-state index in [0.29, 0.717) is 36.3 Å². The molecular weight excluding hydrogens is 470 g/mol. The van der Waals surface area contributed by atoms with E-state index in [4.69, 9.17) is 0 Å². The molecule has 0 atom stereocenters. The Morgan fingerprint density at radius 2 is 1.97 bits per heavy atom. The van der Waals surface area contributed by atoms with Gasteiger partial charge in [-0.3, -0.25) is 4.79 Å². The summed E-state index contributed by atoms with van der Waals surface area (Å²) in [5.74, 6) is 1.17. The molecule has 190 valence electrons. The van der Waals surface area contributed by atoms with Crippen molar-refractivity contribution in [2.75, 3.05) is 23.3 Å². The SMILES string of the molecule is CC(C)n1cnnc1-c1cccc(NC(=O)c2cc(-n3cnc(C4CC4)c3)c(N3CC(C)(O)C3)cn2)n1. The number of pyridine rings is 2. The smallest absolute Gasteiger partial charge is 0.275 e. The molecule has 1 aliphatic carbocycles. The summed E-state index contributed by atoms with van der Waals surface area (Å²) in [4.78, 5) is 28.9. The largest absolute Gasteiger partial charge is 0.386 e. The highest BCUT2D eigenvalue weighted by atomic mass is 16.3. The van der Waals surface area contributed by atoms with Crippen LogP contribution in [-0.4, -0.2) is 64.0 Å². The van der Waals surface area contributed by atoms with Crippen molar-refractivity contribution in [3.8, 4) is 17.2 Å². The van der Waals surface area contributed by atoms with E-state index in [1.807, 2.05) is 48.2 Å². The molecule has 0 aromatic carbocycles. The van der Waals surface area contributed by atoms with Gasteiger partial charge in [-0.25, -0.2) is 15.0 Å². The van der Waals surface area contributed by atoms with Gasteiger partial charge in [-0.2, -0.15) is 0 Å². The molecule has 1 aliphatic heterocycles. The molecule has 11 nitrogen and oxygen atoms in total. The monoisotopic (exact) mass is 499 g/mol. The number of hydrogen-bond acceptors (Lipinski definition) is 8. The van der Waals surface area contributed by atoms with E-state index in [2.05, 4.69) is 35.4 Å². The fourth-order valence-electron chi connectivity index (χ4n) is 4.63. The second-order valence-electron chi connectivity index (χ2n) is 10.4. The van der Waals surface area contributed by atoms with Crippen molar-refractivity contribution in [3.05, 3.63) is 60.7 Å². The molecule has 6 rings (SSSR count). The molecule has 4 aromatic heterocycles. The van der Waals surface area contributed by atoms with Gasteiger partial charge in [0.15, 0.2) is 5.82 Å². The molecule has 5 heterocycles. The van der Waals surface area contributed by atoms with Gasteiger partial charge in [-0.15, -0.1) is 10.2 Å². The zero-order valence-electron chi connectivity index (χ0n) is 21.0. The molecule has 0 radical (unpaired) electrons. The number of imidazole rings is 1. The van der Waals surface area contributed by atoms with Crippen LogP contribution in [0.2, 0.25) is 0 Å². The Morgan fingerprint density at radius 1 is 1.16 bits per heavy atom. The van der Waals surface area contributed by atoms with E-state index >= 15 is 0 Å². The third-order valence-electron chi connectivity index (χ3n) is 6.72. The molecule has 0 spiro atoms. The summed E-state index contributed by atoms with van der Waals surface area (Å²) in [6, 6.07) is 7.31. The zero-order chi connectivity index (χ0) is 25.7. The lowest BCUT2D eigenvalue weighted by Gasteiger charge is -2.46. The number of aliphatic hydroxyl groups is 1. The minimum absolute atomic E-state index is 0.171. The Morgan fingerprint density at radius 3 is 2.70 bits per heavy atom. The number of carbonyl (C=O) groups is 1. The van der Waals surface area contributed by atoms with Crippen molar-refractivity contribution < 1.29 is 9.90 Å². The van der Waals surface area contributed by atoms with E-state index in [1.165, 1.54) is 0 Å². The standard InChI is InChI=1S/C26H29N9O2/c1-16(2)35-15-29-32-24(35)18-5-4-6-23(30-18)31-25(36)19-9-21(33-11-20(28-14-33)17-7-8-17)22(10-27-19)34-12-26(3,37)13-34/h4-6,9-11,14-17,37H,7-8,12-13H2,1-3H3,(H,30,31,36). The van der Waals surface area contributed by atoms with Gasteiger partial charge >= 0.3 is 0 Å². The molecular formula is C26H29N9O2. The average molecular weight is 500 g/mol. The van der Waals surface area contributed by atoms with E-state index in [-0.39, 0.29) is 17.6 Å². The predicted octanol–water partition coefficient (Wildman–Crippen LogP) is 3.20. The lowest BCUT2D eigenvalue weighted by Crippen LogP contribution is -2.60. The Kier molecular flexibility index (Phi) is 5.52. The summed E-state index contributed by atoms with van der Waals surface area (Å²) < 4.78 is 3.86. The van der Waals surface area contributed by atoms with E-state index in [9.17, 15) is 9.90 Å². The molecule has 4 aromatic rings. The molecule has 2 aliphatic rings. The molecule has 0 bridgehead atoms. The van der Waals surface area contributed by atoms with E-state index in [0.717, 1.165) is 29.9 Å². The van der Waals surface area contributed by atoms with Crippen LogP contribution in [0.3, 0.4) is 0 Å². The normalized spacial score (nSPS) is 16.6. The number of nitrogens with zero attached hydrogens (tertiary/aromatic N) is 8. The van der Waals surface area contributed by atoms with Gasteiger partial charge in [0, 0.05) is 31.2 Å². The number of β-amino-alcohol motifs (C(OH)–C–C–N with tert-alkyl or cyclic N) is 1. The van der Waals surface area contributed by atoms with Gasteiger partial charge in [0.1, 0.15) is 23.5 Å². The molecule has 1 amide bonds. The number of amides is 1. The number of rotatable bonds is 7. The van der Waals surface area contributed by atoms with Gasteiger partial charge in [-0.1, -0.05) is 6.07 Å². The van der Waals surface area contributed by atoms with Crippen LogP contribution in [-0.2, 0) is 0 Å². The van der Waals surface area contributed by atoms with Crippen LogP contribution in [0.15, 0.2) is 49.3 Å². The van der Waals surface area contributed by atoms with Crippen LogP contribution in [0.5, 0.6) is 0 Å². The highest BCUT2D eigenvalue weighted by Crippen LogP contribution is 2.40. The zero-order valence-corrected chi connectivity index (χ0v) is 21.0. The predicted molar refractivity (Wildman–Crippen MR) is 138 cm³/mol. The van der Waals surface area contributed by atoms with E-state index in [1.54, 1.807) is 31.0 Å². The number of hydrogen-bond donors (Lipinski definition) is 2. The summed E-state index contributed by atoms with van der Waals surface area (Å²) >= 11 is 0. The van der Waals surface area contributed by atoms with Gasteiger partial charge in [0.25, 0.3) is 5.91 Å². The summed E-state index contributed by atoms with van der Waals surface area (Å²) in [6.45, 7) is 6.89. The van der Waals surface area contributed by atoms with Crippen LogP contribution in [0, 0.1) is 0 Å². The maximum Gasteiger partial charge on any atom is 0.275 e. The number of nitrogens with one attached hydrogen (secondary N) is 1. The van der Waals surface area contributed by atoms with Crippen molar-refractivity contribution in [1.29, 1.82) is 0 Å². The number of aromatic nitrogens is 7. The first kappa shape index (κ1) is 23.3. The van der Waals surface area contributed by atoms with Crippen LogP contribution in [0.4, 0.5) is 11.5 Å². The highest BCUT2D eigenvalue weighted by Gasteiger charge is 2.38. The Hall–Kier alpha value is -4.12. The van der Waals surface area contributed by atoms with Crippen molar-refractivity contribution in [1.82, 2.24) is 34.3 Å². The summed E-state index contributed by atoms with van der Waals surface area (Å²) in [6.07, 6.45) is 9.46. The third-order valence-corrected chi connectivity index (χ3v) is 6.72. The first-order chi connectivity index (χ1) is 17.8. The average Bonchev–Trinajstić information content (AvgIpc) is 3.38. The highest BCUT2D eigenvalue weighted by molar-refractivity contribution is 6.03. The third kappa shape index (κ3) is 4.57. The van der Waals surface area contributed by atoms with Crippen molar-refractivity contribution in [3.63, 3.8) is 0 Å². The summed E-state index contributed by atoms with van der Waals surface area (Å²) in [7, 11) is 0. The molecule has 2 N–H and O–H groups in total. The lowest BCUT2D eigenvalue weighted by molar-refractivity contribution is 0.0310. The van der Waals surface area contributed by atoms with Crippen LogP contribution < -0.4 is 10.2 Å². The van der Waals surface area contributed by atoms with Gasteiger partial charge in [0.2, 0.25) is 0 Å². The second kappa shape index (κ2) is 8.77. The summed E-state index contributed by atoms with van der Waals surface area (Å²) in [5.41, 5.74) is 2.82. The van der Waals surface area contributed by atoms with Crippen LogP contribution >= 0.6 is 0 Å². The Bertz CT molecular complexity index is 1460. The topological polar surface area (TPSA) is 127 Å². The fraction of sp³-hybridized carbons (Fsp3) is 0.385. The quantitative estimate of drug-likeness (QED) is 0.397. The number of carbonyl (C=O) groups excluding carboxylic acids is 1. The molecule has 2 fully saturated rings. The fourth-order valence-corrected chi connectivity index (χ4v) is 4.63. The molecule has 37 heavy (non-hydrogen) atoms. The van der Waals surface area contributed by atoms with Crippen molar-refractivity contribution >= 4 is 17.4 Å². The maximum absolute atomic E-state index is 13.2. The first-order valence-electron chi connectivity index (χ1n) is 12.5. The van der Waals surface area contributed by atoms with Gasteiger partial charge in [-0.05, 0) is 51.8 Å². The van der Waals surface area contributed by atoms with Crippen LogP contribution in [0.25, 0.3) is 17.2 Å². The molecule has 0 unspecified atom stereocenters. The molecule has 1 saturated carbocycles. The van der Waals surface area contributed by atoms with Gasteiger partial charge < -0.3 is 24.5 Å².